The van der Waals surface area contributed by atoms with Crippen LogP contribution in [0.4, 0.5) is 0 Å². The van der Waals surface area contributed by atoms with Gasteiger partial charge in [0.25, 0.3) is 5.91 Å². The predicted molar refractivity (Wildman–Crippen MR) is 166 cm³/mol. The fraction of sp³-hybridized carbons (Fsp3) is 0.364. The van der Waals surface area contributed by atoms with E-state index in [9.17, 15) is 18.3 Å². The van der Waals surface area contributed by atoms with Gasteiger partial charge in [-0.2, -0.15) is 4.31 Å². The van der Waals surface area contributed by atoms with Crippen LogP contribution >= 0.6 is 0 Å². The van der Waals surface area contributed by atoms with Crippen LogP contribution in [-0.2, 0) is 28.4 Å². The Morgan fingerprint density at radius 1 is 1.07 bits per heavy atom. The average Bonchev–Trinajstić information content (AvgIpc) is 3.31. The second kappa shape index (κ2) is 12.5. The molecular formula is C33H39N3O6S. The molecule has 0 fully saturated rings. The molecule has 9 nitrogen and oxygen atoms in total. The van der Waals surface area contributed by atoms with Gasteiger partial charge >= 0.3 is 0 Å². The number of fused-ring (bicyclic) bond motifs is 5. The number of benzene rings is 3. The van der Waals surface area contributed by atoms with Gasteiger partial charge in [0, 0.05) is 49.6 Å². The standard InChI is InChI=1S/C33H39N3O6S/c1-22-18-36(23(2)20-37)33(38)32-31(28-12-8-9-13-29(28)35(32)4)27-11-7-6-10-24(27)21-42-30(22)19-34(3)43(39,40)26-16-14-25(41-5)15-17-26/h6-17,22-23,30,37H,18-21H2,1-5H3/t22-,23+,30-/m1/s1. The normalized spacial score (nSPS) is 18.7. The molecule has 0 aliphatic carbocycles. The second-order valence-corrected chi connectivity index (χ2v) is 13.3. The number of hydrogen-bond acceptors (Lipinski definition) is 6. The monoisotopic (exact) mass is 605 g/mol. The number of aromatic nitrogens is 1. The Morgan fingerprint density at radius 3 is 2.44 bits per heavy atom. The maximum absolute atomic E-state index is 14.5. The van der Waals surface area contributed by atoms with Crippen molar-refractivity contribution in [2.24, 2.45) is 13.0 Å². The van der Waals surface area contributed by atoms with E-state index in [1.807, 2.05) is 74.0 Å². The van der Waals surface area contributed by atoms with Crippen LogP contribution in [0, 0.1) is 5.92 Å². The molecule has 0 radical (unpaired) electrons. The Labute approximate surface area is 253 Å². The van der Waals surface area contributed by atoms with E-state index in [1.165, 1.54) is 30.6 Å². The third-order valence-corrected chi connectivity index (χ3v) is 10.3. The molecule has 43 heavy (non-hydrogen) atoms. The van der Waals surface area contributed by atoms with Crippen LogP contribution in [0.2, 0.25) is 0 Å². The summed E-state index contributed by atoms with van der Waals surface area (Å²) in [6.07, 6.45) is -0.551. The smallest absolute Gasteiger partial charge is 0.271 e. The highest BCUT2D eigenvalue weighted by atomic mass is 32.2. The Bertz CT molecular complexity index is 1720. The lowest BCUT2D eigenvalue weighted by atomic mass is 9.96. The van der Waals surface area contributed by atoms with Crippen LogP contribution < -0.4 is 4.74 Å². The molecule has 0 saturated heterocycles. The van der Waals surface area contributed by atoms with Crippen LogP contribution in [0.3, 0.4) is 0 Å². The highest BCUT2D eigenvalue weighted by molar-refractivity contribution is 7.89. The first-order valence-electron chi connectivity index (χ1n) is 14.4. The molecule has 1 N–H and O–H groups in total. The molecule has 4 aromatic rings. The summed E-state index contributed by atoms with van der Waals surface area (Å²) in [6.45, 7) is 4.12. The molecule has 3 atom stereocenters. The highest BCUT2D eigenvalue weighted by Crippen LogP contribution is 2.38. The largest absolute Gasteiger partial charge is 0.497 e. The quantitative estimate of drug-likeness (QED) is 0.332. The zero-order valence-corrected chi connectivity index (χ0v) is 26.0. The minimum absolute atomic E-state index is 0.0725. The lowest BCUT2D eigenvalue weighted by Gasteiger charge is -2.35. The SMILES string of the molecule is COc1ccc(S(=O)(=O)N(C)C[C@H]2OCc3ccccc3-c3c(n(C)c4ccccc34)C(=O)N([C@@H](C)CO)C[C@H]2C)cc1. The summed E-state index contributed by atoms with van der Waals surface area (Å²) in [4.78, 5) is 16.3. The van der Waals surface area contributed by atoms with Crippen molar-refractivity contribution in [3.63, 3.8) is 0 Å². The van der Waals surface area contributed by atoms with E-state index < -0.39 is 22.2 Å². The van der Waals surface area contributed by atoms with Gasteiger partial charge in [0.2, 0.25) is 10.0 Å². The summed E-state index contributed by atoms with van der Waals surface area (Å²) in [5, 5.41) is 11.2. The second-order valence-electron chi connectivity index (χ2n) is 11.2. The zero-order chi connectivity index (χ0) is 30.9. The Kier molecular flexibility index (Phi) is 8.94. The van der Waals surface area contributed by atoms with Gasteiger partial charge in [-0.3, -0.25) is 4.79 Å². The maximum Gasteiger partial charge on any atom is 0.271 e. The molecule has 2 heterocycles. The fourth-order valence-corrected chi connectivity index (χ4v) is 6.99. The summed E-state index contributed by atoms with van der Waals surface area (Å²) in [5.74, 6) is 0.101. The van der Waals surface area contributed by atoms with Gasteiger partial charge in [-0.15, -0.1) is 0 Å². The van der Waals surface area contributed by atoms with E-state index in [2.05, 4.69) is 0 Å². The Hall–Kier alpha value is -3.70. The van der Waals surface area contributed by atoms with Crippen molar-refractivity contribution in [2.75, 3.05) is 33.9 Å². The maximum atomic E-state index is 14.5. The minimum Gasteiger partial charge on any atom is -0.497 e. The molecule has 228 valence electrons. The number of carbonyl (C=O) groups excluding carboxylic acids is 1. The third kappa shape index (κ3) is 5.80. The average molecular weight is 606 g/mol. The lowest BCUT2D eigenvalue weighted by molar-refractivity contribution is -0.0147. The third-order valence-electron chi connectivity index (χ3n) is 8.43. The van der Waals surface area contributed by atoms with Gasteiger partial charge in [0.15, 0.2) is 0 Å². The van der Waals surface area contributed by atoms with Crippen molar-refractivity contribution in [1.29, 1.82) is 0 Å². The summed E-state index contributed by atoms with van der Waals surface area (Å²) >= 11 is 0. The summed E-state index contributed by atoms with van der Waals surface area (Å²) in [7, 11) is 1.13. The molecular weight excluding hydrogens is 566 g/mol. The number of hydrogen-bond donors (Lipinski definition) is 1. The number of rotatable bonds is 7. The van der Waals surface area contributed by atoms with E-state index >= 15 is 0 Å². The van der Waals surface area contributed by atoms with Crippen LogP contribution in [0.5, 0.6) is 5.75 Å². The van der Waals surface area contributed by atoms with Gasteiger partial charge in [-0.05, 0) is 48.4 Å². The molecule has 10 heteroatoms. The van der Waals surface area contributed by atoms with Gasteiger partial charge in [-0.1, -0.05) is 49.4 Å². The minimum atomic E-state index is -3.83. The number of likely N-dealkylation sites (N-methyl/N-ethyl adjacent to an activating group) is 1. The number of sulfonamides is 1. The number of methoxy groups -OCH3 is 1. The van der Waals surface area contributed by atoms with Crippen molar-refractivity contribution >= 4 is 26.8 Å². The number of ether oxygens (including phenoxy) is 2. The van der Waals surface area contributed by atoms with E-state index in [0.29, 0.717) is 11.4 Å². The number of para-hydroxylation sites is 1. The van der Waals surface area contributed by atoms with Crippen LogP contribution in [0.25, 0.3) is 22.0 Å². The molecule has 1 amide bonds. The van der Waals surface area contributed by atoms with E-state index in [0.717, 1.165) is 27.6 Å². The van der Waals surface area contributed by atoms with Crippen molar-refractivity contribution < 1.29 is 27.8 Å². The van der Waals surface area contributed by atoms with Gasteiger partial charge in [0.1, 0.15) is 11.4 Å². The van der Waals surface area contributed by atoms with Crippen LogP contribution in [0.15, 0.2) is 77.7 Å². The molecule has 1 aliphatic rings. The van der Waals surface area contributed by atoms with Gasteiger partial charge in [-0.25, -0.2) is 8.42 Å². The molecule has 1 aliphatic heterocycles. The summed E-state index contributed by atoms with van der Waals surface area (Å²) < 4.78 is 42.0. The molecule has 0 bridgehead atoms. The molecule has 3 aromatic carbocycles. The highest BCUT2D eigenvalue weighted by Gasteiger charge is 2.34. The Balaban J connectivity index is 1.58. The first-order valence-corrected chi connectivity index (χ1v) is 15.8. The van der Waals surface area contributed by atoms with E-state index in [1.54, 1.807) is 17.0 Å². The number of nitrogens with zero attached hydrogens (tertiary/aromatic N) is 3. The Morgan fingerprint density at radius 2 is 1.74 bits per heavy atom. The van der Waals surface area contributed by atoms with Crippen molar-refractivity contribution in [3.05, 3.63) is 84.1 Å². The summed E-state index contributed by atoms with van der Waals surface area (Å²) in [6, 6.07) is 21.6. The number of aliphatic hydroxyl groups excluding tert-OH is 1. The molecule has 5 rings (SSSR count). The van der Waals surface area contributed by atoms with Crippen molar-refractivity contribution in [1.82, 2.24) is 13.8 Å². The first-order chi connectivity index (χ1) is 20.6. The van der Waals surface area contributed by atoms with Crippen molar-refractivity contribution in [3.8, 4) is 16.9 Å². The van der Waals surface area contributed by atoms with Gasteiger partial charge < -0.3 is 24.0 Å². The topological polar surface area (TPSA) is 101 Å². The number of aryl methyl sites for hydroxylation is 1. The van der Waals surface area contributed by atoms with Crippen LogP contribution in [0.1, 0.15) is 29.9 Å². The van der Waals surface area contributed by atoms with E-state index in [4.69, 9.17) is 9.47 Å². The fourth-order valence-electron chi connectivity index (χ4n) is 5.80. The zero-order valence-electron chi connectivity index (χ0n) is 25.2. The van der Waals surface area contributed by atoms with Crippen LogP contribution in [-0.4, -0.2) is 79.2 Å². The predicted octanol–water partition coefficient (Wildman–Crippen LogP) is 4.53. The molecule has 1 aromatic heterocycles. The number of amides is 1. The molecule has 0 saturated carbocycles. The first kappa shape index (κ1) is 30.7. The molecule has 0 unspecified atom stereocenters. The van der Waals surface area contributed by atoms with Gasteiger partial charge in [0.05, 0.1) is 37.4 Å². The number of aliphatic hydroxyl groups is 1. The van der Waals surface area contributed by atoms with Crippen molar-refractivity contribution in [2.45, 2.75) is 37.5 Å². The number of carbonyl (C=O) groups is 1. The molecule has 0 spiro atoms. The van der Waals surface area contributed by atoms with E-state index in [-0.39, 0.29) is 43.0 Å². The lowest BCUT2D eigenvalue weighted by Crippen LogP contribution is -2.48. The summed E-state index contributed by atoms with van der Waals surface area (Å²) in [5.41, 5.74) is 4.07.